The SMILES string of the molecule is COc1cc(C(=O)CCC2CCCC2)cc(F)c1F. The zero-order valence-electron chi connectivity index (χ0n) is 11.0. The third kappa shape index (κ3) is 3.31. The van der Waals surface area contributed by atoms with Crippen molar-refractivity contribution in [3.05, 3.63) is 29.3 Å². The highest BCUT2D eigenvalue weighted by Gasteiger charge is 2.19. The van der Waals surface area contributed by atoms with E-state index in [2.05, 4.69) is 0 Å². The van der Waals surface area contributed by atoms with Crippen molar-refractivity contribution in [2.24, 2.45) is 5.92 Å². The maximum atomic E-state index is 13.3. The number of benzene rings is 1. The largest absolute Gasteiger partial charge is 0.494 e. The number of carbonyl (C=O) groups is 1. The van der Waals surface area contributed by atoms with Gasteiger partial charge in [-0.15, -0.1) is 0 Å². The van der Waals surface area contributed by atoms with Crippen molar-refractivity contribution >= 4 is 5.78 Å². The van der Waals surface area contributed by atoms with Gasteiger partial charge < -0.3 is 4.74 Å². The molecule has 19 heavy (non-hydrogen) atoms. The molecule has 1 fully saturated rings. The standard InChI is InChI=1S/C15H18F2O2/c1-19-14-9-11(8-12(16)15(14)17)13(18)7-6-10-4-2-3-5-10/h8-10H,2-7H2,1H3. The van der Waals surface area contributed by atoms with E-state index in [1.165, 1.54) is 38.9 Å². The van der Waals surface area contributed by atoms with Crippen LogP contribution in [0.2, 0.25) is 0 Å². The summed E-state index contributed by atoms with van der Waals surface area (Å²) in [5.74, 6) is -1.84. The predicted molar refractivity (Wildman–Crippen MR) is 68.4 cm³/mol. The molecular formula is C15H18F2O2. The van der Waals surface area contributed by atoms with Crippen molar-refractivity contribution in [2.45, 2.75) is 38.5 Å². The first-order chi connectivity index (χ1) is 9.11. The van der Waals surface area contributed by atoms with E-state index in [0.717, 1.165) is 12.5 Å². The molecule has 0 unspecified atom stereocenters. The third-order valence-electron chi connectivity index (χ3n) is 3.79. The lowest BCUT2D eigenvalue weighted by Gasteiger charge is -2.09. The fraction of sp³-hybridized carbons (Fsp3) is 0.533. The van der Waals surface area contributed by atoms with Crippen LogP contribution in [0.25, 0.3) is 0 Å². The van der Waals surface area contributed by atoms with Crippen molar-refractivity contribution < 1.29 is 18.3 Å². The lowest BCUT2D eigenvalue weighted by molar-refractivity contribution is 0.0973. The van der Waals surface area contributed by atoms with E-state index in [0.29, 0.717) is 12.3 Å². The average molecular weight is 268 g/mol. The molecule has 1 aliphatic rings. The van der Waals surface area contributed by atoms with Gasteiger partial charge in [0.1, 0.15) is 0 Å². The van der Waals surface area contributed by atoms with Gasteiger partial charge in [0.05, 0.1) is 7.11 Å². The number of halogens is 2. The number of ether oxygens (including phenoxy) is 1. The number of hydrogen-bond donors (Lipinski definition) is 0. The molecule has 0 saturated heterocycles. The van der Waals surface area contributed by atoms with Crippen LogP contribution in [0, 0.1) is 17.6 Å². The van der Waals surface area contributed by atoms with Gasteiger partial charge in [-0.05, 0) is 24.5 Å². The first-order valence-corrected chi connectivity index (χ1v) is 6.68. The first-order valence-electron chi connectivity index (χ1n) is 6.68. The number of rotatable bonds is 5. The van der Waals surface area contributed by atoms with Crippen LogP contribution >= 0.6 is 0 Å². The van der Waals surface area contributed by atoms with Gasteiger partial charge >= 0.3 is 0 Å². The Hall–Kier alpha value is -1.45. The summed E-state index contributed by atoms with van der Waals surface area (Å²) in [6, 6.07) is 2.23. The third-order valence-corrected chi connectivity index (χ3v) is 3.79. The normalized spacial score (nSPS) is 15.7. The quantitative estimate of drug-likeness (QED) is 0.751. The van der Waals surface area contributed by atoms with E-state index in [4.69, 9.17) is 4.74 Å². The van der Waals surface area contributed by atoms with Gasteiger partial charge in [0.2, 0.25) is 5.82 Å². The van der Waals surface area contributed by atoms with Gasteiger partial charge in [-0.2, -0.15) is 4.39 Å². The Kier molecular flexibility index (Phi) is 4.51. The Labute approximate surface area is 111 Å². The van der Waals surface area contributed by atoms with Crippen LogP contribution in [0.3, 0.4) is 0 Å². The van der Waals surface area contributed by atoms with Gasteiger partial charge in [-0.3, -0.25) is 4.79 Å². The molecule has 1 aliphatic carbocycles. The Balaban J connectivity index is 2.03. The lowest BCUT2D eigenvalue weighted by Crippen LogP contribution is -2.05. The molecule has 2 nitrogen and oxygen atoms in total. The van der Waals surface area contributed by atoms with Gasteiger partial charge in [0.15, 0.2) is 17.3 Å². The van der Waals surface area contributed by atoms with E-state index in [-0.39, 0.29) is 17.1 Å². The summed E-state index contributed by atoms with van der Waals surface area (Å²) in [6.07, 6.45) is 6.04. The van der Waals surface area contributed by atoms with Crippen LogP contribution in [0.5, 0.6) is 5.75 Å². The molecular weight excluding hydrogens is 250 g/mol. The number of hydrogen-bond acceptors (Lipinski definition) is 2. The zero-order chi connectivity index (χ0) is 13.8. The molecule has 0 aliphatic heterocycles. The molecule has 0 atom stereocenters. The maximum Gasteiger partial charge on any atom is 0.200 e. The minimum absolute atomic E-state index is 0.149. The van der Waals surface area contributed by atoms with Crippen LogP contribution in [-0.4, -0.2) is 12.9 Å². The van der Waals surface area contributed by atoms with Crippen LogP contribution in [-0.2, 0) is 0 Å². The molecule has 0 spiro atoms. The van der Waals surface area contributed by atoms with Crippen LogP contribution in [0.1, 0.15) is 48.9 Å². The molecule has 0 N–H and O–H groups in total. The lowest BCUT2D eigenvalue weighted by atomic mass is 9.97. The van der Waals surface area contributed by atoms with Crippen molar-refractivity contribution in [3.63, 3.8) is 0 Å². The number of carbonyl (C=O) groups excluding carboxylic acids is 1. The summed E-state index contributed by atoms with van der Waals surface area (Å²) in [4.78, 5) is 12.0. The van der Waals surface area contributed by atoms with Gasteiger partial charge in [-0.1, -0.05) is 25.7 Å². The van der Waals surface area contributed by atoms with Crippen molar-refractivity contribution in [2.75, 3.05) is 7.11 Å². The van der Waals surface area contributed by atoms with Gasteiger partial charge in [0, 0.05) is 12.0 Å². The van der Waals surface area contributed by atoms with Crippen LogP contribution in [0.15, 0.2) is 12.1 Å². The molecule has 2 rings (SSSR count). The monoisotopic (exact) mass is 268 g/mol. The molecule has 104 valence electrons. The molecule has 0 amide bonds. The van der Waals surface area contributed by atoms with E-state index < -0.39 is 11.6 Å². The molecule has 1 aromatic rings. The Bertz CT molecular complexity index is 465. The summed E-state index contributed by atoms with van der Waals surface area (Å²) in [7, 11) is 1.25. The maximum absolute atomic E-state index is 13.3. The smallest absolute Gasteiger partial charge is 0.200 e. The van der Waals surface area contributed by atoms with Crippen LogP contribution in [0.4, 0.5) is 8.78 Å². The second-order valence-corrected chi connectivity index (χ2v) is 5.09. The van der Waals surface area contributed by atoms with E-state index >= 15 is 0 Å². The molecule has 0 radical (unpaired) electrons. The summed E-state index contributed by atoms with van der Waals surface area (Å²) < 4.78 is 31.3. The zero-order valence-corrected chi connectivity index (χ0v) is 11.0. The van der Waals surface area contributed by atoms with Crippen LogP contribution < -0.4 is 4.74 Å². The summed E-state index contributed by atoms with van der Waals surface area (Å²) in [5, 5.41) is 0. The van der Waals surface area contributed by atoms with E-state index in [1.54, 1.807) is 0 Å². The highest BCUT2D eigenvalue weighted by Crippen LogP contribution is 2.29. The summed E-state index contributed by atoms with van der Waals surface area (Å²) in [6.45, 7) is 0. The highest BCUT2D eigenvalue weighted by molar-refractivity contribution is 5.96. The predicted octanol–water partition coefficient (Wildman–Crippen LogP) is 4.13. The fourth-order valence-electron chi connectivity index (χ4n) is 2.65. The van der Waals surface area contributed by atoms with Gasteiger partial charge in [0.25, 0.3) is 0 Å². The average Bonchev–Trinajstić information content (AvgIpc) is 2.92. The highest BCUT2D eigenvalue weighted by atomic mass is 19.2. The van der Waals surface area contributed by atoms with E-state index in [1.807, 2.05) is 0 Å². The van der Waals surface area contributed by atoms with Crippen molar-refractivity contribution in [1.29, 1.82) is 0 Å². The molecule has 4 heteroatoms. The minimum Gasteiger partial charge on any atom is -0.494 e. The number of methoxy groups -OCH3 is 1. The minimum atomic E-state index is -1.05. The second kappa shape index (κ2) is 6.13. The molecule has 1 saturated carbocycles. The summed E-state index contributed by atoms with van der Waals surface area (Å²) >= 11 is 0. The Morgan fingerprint density at radius 2 is 2.00 bits per heavy atom. The summed E-state index contributed by atoms with van der Waals surface area (Å²) in [5.41, 5.74) is 0.189. The topological polar surface area (TPSA) is 26.3 Å². The molecule has 0 heterocycles. The molecule has 1 aromatic carbocycles. The Morgan fingerprint density at radius 1 is 1.32 bits per heavy atom. The molecule has 0 aromatic heterocycles. The fourth-order valence-corrected chi connectivity index (χ4v) is 2.65. The number of Topliss-reactive ketones (excluding diaryl/α,β-unsaturated/α-hetero) is 1. The second-order valence-electron chi connectivity index (χ2n) is 5.09. The number of ketones is 1. The Morgan fingerprint density at radius 3 is 2.63 bits per heavy atom. The van der Waals surface area contributed by atoms with Gasteiger partial charge in [-0.25, -0.2) is 4.39 Å². The van der Waals surface area contributed by atoms with Crippen molar-refractivity contribution in [3.8, 4) is 5.75 Å². The molecule has 0 bridgehead atoms. The first kappa shape index (κ1) is 14.0. The van der Waals surface area contributed by atoms with E-state index in [9.17, 15) is 13.6 Å². The van der Waals surface area contributed by atoms with Crippen molar-refractivity contribution in [1.82, 2.24) is 0 Å².